The van der Waals surface area contributed by atoms with Crippen LogP contribution in [0.5, 0.6) is 0 Å². The summed E-state index contributed by atoms with van der Waals surface area (Å²) in [4.78, 5) is 34.2. The minimum absolute atomic E-state index is 0.0160. The smallest absolute Gasteiger partial charge is 0.211 e. The summed E-state index contributed by atoms with van der Waals surface area (Å²) in [6.07, 6.45) is 12.5. The van der Waals surface area contributed by atoms with Crippen molar-refractivity contribution in [2.24, 2.45) is 11.8 Å². The predicted molar refractivity (Wildman–Crippen MR) is 217 cm³/mol. The summed E-state index contributed by atoms with van der Waals surface area (Å²) < 4.78 is 25.4. The molecule has 0 bridgehead atoms. The van der Waals surface area contributed by atoms with Gasteiger partial charge in [-0.1, -0.05) is 47.5 Å². The number of hydrogen-bond acceptors (Lipinski definition) is 7. The fourth-order valence-corrected chi connectivity index (χ4v) is 9.95. The largest absolute Gasteiger partial charge is 0.317 e. The first-order chi connectivity index (χ1) is 25.9. The van der Waals surface area contributed by atoms with Crippen LogP contribution in [0.4, 0.5) is 0 Å². The number of nitrogens with one attached hydrogen (secondary N) is 1. The number of Topliss-reactive ketones (excluding diaryl/α,β-unsaturated/α-hetero) is 2. The maximum Gasteiger partial charge on any atom is 0.211 e. The van der Waals surface area contributed by atoms with E-state index in [9.17, 15) is 18.0 Å². The zero-order chi connectivity index (χ0) is 38.1. The number of sulfonamides is 1. The number of piperidine rings is 2. The highest BCUT2D eigenvalue weighted by atomic mass is 35.5. The van der Waals surface area contributed by atoms with Crippen molar-refractivity contribution in [1.29, 1.82) is 0 Å². The molecule has 2 aromatic heterocycles. The number of carbonyl (C=O) groups is 2. The number of rotatable bonds is 5. The third-order valence-corrected chi connectivity index (χ3v) is 13.0. The summed E-state index contributed by atoms with van der Waals surface area (Å²) in [6.45, 7) is 6.24. The normalized spacial score (nSPS) is 20.3. The predicted octanol–water partition coefficient (Wildman–Crippen LogP) is 8.29. The topological polar surface area (TPSA) is 109 Å². The number of pyridine rings is 2. The number of benzene rings is 2. The summed E-state index contributed by atoms with van der Waals surface area (Å²) in [5.74, 6) is 0.951. The number of hydrogen-bond donors (Lipinski definition) is 1. The first-order valence-corrected chi connectivity index (χ1v) is 21.1. The minimum Gasteiger partial charge on any atom is -0.317 e. The second-order valence-corrected chi connectivity index (χ2v) is 17.5. The van der Waals surface area contributed by atoms with Crippen molar-refractivity contribution in [3.8, 4) is 0 Å². The van der Waals surface area contributed by atoms with Crippen molar-refractivity contribution >= 4 is 68.1 Å². The van der Waals surface area contributed by atoms with Crippen LogP contribution in [0.1, 0.15) is 96.1 Å². The van der Waals surface area contributed by atoms with E-state index in [2.05, 4.69) is 11.4 Å². The molecule has 280 valence electrons. The van der Waals surface area contributed by atoms with Crippen LogP contribution in [-0.2, 0) is 19.6 Å². The van der Waals surface area contributed by atoms with Crippen LogP contribution in [0, 0.1) is 11.8 Å². The van der Waals surface area contributed by atoms with Crippen LogP contribution in [0.25, 0.3) is 23.3 Å². The van der Waals surface area contributed by atoms with Crippen molar-refractivity contribution in [1.82, 2.24) is 19.6 Å². The van der Waals surface area contributed by atoms with E-state index in [1.54, 1.807) is 24.3 Å². The summed E-state index contributed by atoms with van der Waals surface area (Å²) in [5, 5.41) is 4.76. The Bertz CT molecular complexity index is 2270. The Morgan fingerprint density at radius 2 is 1.15 bits per heavy atom. The molecular weight excluding hydrogens is 739 g/mol. The maximum absolute atomic E-state index is 12.4. The Morgan fingerprint density at radius 1 is 0.704 bits per heavy atom. The Labute approximate surface area is 327 Å². The van der Waals surface area contributed by atoms with Gasteiger partial charge in [0, 0.05) is 69.6 Å². The summed E-state index contributed by atoms with van der Waals surface area (Å²) in [7, 11) is -3.19. The average molecular weight is 784 g/mol. The van der Waals surface area contributed by atoms with Crippen LogP contribution >= 0.6 is 23.2 Å². The molecule has 8 rings (SSSR count). The van der Waals surface area contributed by atoms with E-state index in [-0.39, 0.29) is 29.3 Å². The Kier molecular flexibility index (Phi) is 11.3. The molecule has 0 radical (unpaired) electrons. The van der Waals surface area contributed by atoms with Gasteiger partial charge in [0.15, 0.2) is 11.6 Å². The van der Waals surface area contributed by atoms with Crippen LogP contribution in [0.15, 0.2) is 73.1 Å². The first-order valence-electron chi connectivity index (χ1n) is 18.5. The summed E-state index contributed by atoms with van der Waals surface area (Å²) >= 11 is 12.5. The number of halogens is 2. The van der Waals surface area contributed by atoms with Gasteiger partial charge in [-0.2, -0.15) is 0 Å². The van der Waals surface area contributed by atoms with Gasteiger partial charge in [-0.05, 0) is 135 Å². The third-order valence-electron chi connectivity index (χ3n) is 11.3. The molecule has 4 aliphatic rings. The van der Waals surface area contributed by atoms with Crippen molar-refractivity contribution in [2.75, 3.05) is 32.4 Å². The van der Waals surface area contributed by atoms with Gasteiger partial charge in [-0.15, -0.1) is 0 Å². The summed E-state index contributed by atoms with van der Waals surface area (Å²) in [6, 6.07) is 19.5. The number of nitrogens with zero attached hydrogens (tertiary/aromatic N) is 3. The van der Waals surface area contributed by atoms with Crippen molar-refractivity contribution in [3.63, 3.8) is 0 Å². The molecule has 11 heteroatoms. The molecule has 4 heterocycles. The van der Waals surface area contributed by atoms with Gasteiger partial charge in [0.05, 0.1) is 17.6 Å². The van der Waals surface area contributed by atoms with Crippen LogP contribution in [0.3, 0.4) is 0 Å². The summed E-state index contributed by atoms with van der Waals surface area (Å²) in [5.41, 5.74) is 9.36. The van der Waals surface area contributed by atoms with E-state index in [0.717, 1.165) is 83.6 Å². The van der Waals surface area contributed by atoms with E-state index in [0.29, 0.717) is 34.6 Å². The van der Waals surface area contributed by atoms with E-state index < -0.39 is 10.0 Å². The number of ketones is 2. The van der Waals surface area contributed by atoms with Gasteiger partial charge in [0.2, 0.25) is 10.0 Å². The number of aromatic nitrogens is 2. The van der Waals surface area contributed by atoms with E-state index >= 15 is 0 Å². The highest BCUT2D eigenvalue weighted by Crippen LogP contribution is 2.46. The third kappa shape index (κ3) is 7.88. The molecular formula is C43H44Cl2N4O4S. The molecule has 0 amide bonds. The zero-order valence-electron chi connectivity index (χ0n) is 30.7. The first kappa shape index (κ1) is 38.3. The van der Waals surface area contributed by atoms with Crippen molar-refractivity contribution < 1.29 is 18.0 Å². The molecule has 4 aromatic rings. The van der Waals surface area contributed by atoms with Gasteiger partial charge in [0.25, 0.3) is 0 Å². The van der Waals surface area contributed by atoms with Gasteiger partial charge in [-0.25, -0.2) is 12.7 Å². The van der Waals surface area contributed by atoms with Crippen LogP contribution < -0.4 is 5.32 Å². The highest BCUT2D eigenvalue weighted by Gasteiger charge is 2.37. The minimum atomic E-state index is -3.19. The lowest BCUT2D eigenvalue weighted by Gasteiger charge is -2.35. The molecule has 2 atom stereocenters. The van der Waals surface area contributed by atoms with E-state index in [4.69, 9.17) is 33.2 Å². The molecule has 2 aromatic carbocycles. The van der Waals surface area contributed by atoms with Gasteiger partial charge >= 0.3 is 0 Å². The Balaban J connectivity index is 0.000000168. The van der Waals surface area contributed by atoms with E-state index in [1.807, 2.05) is 72.9 Å². The van der Waals surface area contributed by atoms with Gasteiger partial charge in [-0.3, -0.25) is 19.6 Å². The maximum atomic E-state index is 12.4. The van der Waals surface area contributed by atoms with Crippen molar-refractivity contribution in [3.05, 3.63) is 128 Å². The quantitative estimate of drug-likeness (QED) is 0.217. The number of carbonyl (C=O) groups excluding carboxylic acids is 2. The zero-order valence-corrected chi connectivity index (χ0v) is 33.0. The standard InChI is InChI=1S/C22H23ClN2O3S.C21H21ClN2O/c1-14(26)20-13-16-12-17(23)5-6-18(16)21(22-19(20)4-3-9-24-22)15-7-10-25(11-8-15)29(2,27)28;1-13(25)19-12-15-11-16(22)4-5-17(15)20(14-6-9-23-10-7-14)21-18(19)3-2-8-24-21/h3-6,9,12-13,15,21H,7-8,10-11H2,1-2H3;2-5,8,11-12,14,20,23H,6-7,9-10H2,1H3. The van der Waals surface area contributed by atoms with Crippen LogP contribution in [-0.4, -0.2) is 66.7 Å². The SMILES string of the molecule is CC(=O)C1=Cc2cc(Cl)ccc2C(C2CCN(S(C)(=O)=O)CC2)c2ncccc21.CC(=O)C1=Cc2cc(Cl)ccc2C(C2CCNCC2)c2ncccc21. The molecule has 0 saturated carbocycles. The second-order valence-electron chi connectivity index (χ2n) is 14.7. The molecule has 1 N–H and O–H groups in total. The van der Waals surface area contributed by atoms with E-state index in [1.165, 1.54) is 11.8 Å². The average Bonchev–Trinajstić information content (AvgIpc) is 3.39. The lowest BCUT2D eigenvalue weighted by molar-refractivity contribution is -0.112. The van der Waals surface area contributed by atoms with Crippen molar-refractivity contribution in [2.45, 2.75) is 51.4 Å². The van der Waals surface area contributed by atoms with Gasteiger partial charge in [0.1, 0.15) is 0 Å². The Hall–Kier alpha value is -3.99. The highest BCUT2D eigenvalue weighted by molar-refractivity contribution is 7.88. The molecule has 2 aliphatic heterocycles. The van der Waals surface area contributed by atoms with Gasteiger partial charge < -0.3 is 5.32 Å². The lowest BCUT2D eigenvalue weighted by atomic mass is 9.76. The molecule has 2 unspecified atom stereocenters. The fraction of sp³-hybridized carbons (Fsp3) is 0.349. The Morgan fingerprint density at radius 3 is 1.57 bits per heavy atom. The fourth-order valence-electron chi connectivity index (χ4n) is 8.71. The molecule has 54 heavy (non-hydrogen) atoms. The molecule has 0 spiro atoms. The number of fused-ring (bicyclic) bond motifs is 4. The van der Waals surface area contributed by atoms with Crippen LogP contribution in [0.2, 0.25) is 10.0 Å². The molecule has 2 aliphatic carbocycles. The lowest BCUT2D eigenvalue weighted by Crippen LogP contribution is -2.39. The molecule has 2 fully saturated rings. The monoisotopic (exact) mass is 782 g/mol. The number of allylic oxidation sites excluding steroid dienone is 2. The molecule has 2 saturated heterocycles. The molecule has 8 nitrogen and oxygen atoms in total. The second kappa shape index (κ2) is 16.0.